The van der Waals surface area contributed by atoms with Gasteiger partial charge in [-0.15, -0.1) is 0 Å². The summed E-state index contributed by atoms with van der Waals surface area (Å²) in [5.41, 5.74) is 2.19. The molecule has 3 rings (SSSR count). The van der Waals surface area contributed by atoms with Crippen molar-refractivity contribution in [3.05, 3.63) is 97.1 Å². The van der Waals surface area contributed by atoms with Crippen molar-refractivity contribution >= 4 is 32.3 Å². The standard InChI is InChI=1S/C19H13FN2OSe/c20-16-9-5-15(6-10-16)18(23)22-19(24)21-17-11-7-14(8-12-17)13-3-1-2-4-13/h1-12H,(H,21,22,23). The van der Waals surface area contributed by atoms with E-state index >= 15 is 0 Å². The van der Waals surface area contributed by atoms with Gasteiger partial charge >= 0.3 is 149 Å². The van der Waals surface area contributed by atoms with Gasteiger partial charge in [0.2, 0.25) is 0 Å². The van der Waals surface area contributed by atoms with Crippen molar-refractivity contribution in [2.45, 2.75) is 0 Å². The molecule has 0 aliphatic heterocycles. The zero-order chi connectivity index (χ0) is 16.9. The molecule has 0 heterocycles. The van der Waals surface area contributed by atoms with Gasteiger partial charge in [0.05, 0.1) is 0 Å². The third-order valence-corrected chi connectivity index (χ3v) is 3.83. The molecule has 2 aromatic rings. The van der Waals surface area contributed by atoms with Crippen LogP contribution < -0.4 is 5.32 Å². The quantitative estimate of drug-likeness (QED) is 0.494. The number of carbonyl (C=O) groups is 1. The van der Waals surface area contributed by atoms with Crippen molar-refractivity contribution < 1.29 is 9.18 Å². The number of nitrogens with one attached hydrogen (secondary N) is 1. The van der Waals surface area contributed by atoms with E-state index in [1.807, 2.05) is 49.9 Å². The van der Waals surface area contributed by atoms with Crippen LogP contribution in [0, 0.1) is 37.4 Å². The fourth-order valence-electron chi connectivity index (χ4n) is 2.21. The van der Waals surface area contributed by atoms with Crippen LogP contribution in [0.5, 0.6) is 0 Å². The van der Waals surface area contributed by atoms with Gasteiger partial charge in [0.25, 0.3) is 0 Å². The fraction of sp³-hybridized carbons (Fsp3) is 0. The van der Waals surface area contributed by atoms with Gasteiger partial charge in [-0.25, -0.2) is 0 Å². The van der Waals surface area contributed by atoms with E-state index in [1.165, 1.54) is 24.3 Å². The van der Waals surface area contributed by atoms with Gasteiger partial charge in [-0.1, -0.05) is 0 Å². The Morgan fingerprint density at radius 1 is 0.958 bits per heavy atom. The average Bonchev–Trinajstić information content (AvgIpc) is 3.10. The molecular formula is C19H13FN2OSe. The van der Waals surface area contributed by atoms with Crippen LogP contribution in [0.2, 0.25) is 0 Å². The molecule has 0 atom stereocenters. The fourth-order valence-corrected chi connectivity index (χ4v) is 2.63. The first-order valence-electron chi connectivity index (χ1n) is 7.26. The van der Waals surface area contributed by atoms with E-state index in [4.69, 9.17) is 0 Å². The van der Waals surface area contributed by atoms with Crippen LogP contribution in [0.25, 0.3) is 0 Å². The Kier molecular flexibility index (Phi) is 5.44. The average molecular weight is 383 g/mol. The number of rotatable bonds is 3. The van der Waals surface area contributed by atoms with Gasteiger partial charge in [0, 0.05) is 0 Å². The molecule has 118 valence electrons. The van der Waals surface area contributed by atoms with Gasteiger partial charge in [0.1, 0.15) is 0 Å². The van der Waals surface area contributed by atoms with E-state index in [9.17, 15) is 9.18 Å². The molecule has 5 heteroatoms. The first-order chi connectivity index (χ1) is 11.6. The molecule has 0 saturated heterocycles. The van der Waals surface area contributed by atoms with Crippen molar-refractivity contribution in [3.63, 3.8) is 0 Å². The zero-order valence-electron chi connectivity index (χ0n) is 12.6. The second-order valence-electron chi connectivity index (χ2n) is 5.10. The van der Waals surface area contributed by atoms with Crippen LogP contribution in [0.4, 0.5) is 10.1 Å². The summed E-state index contributed by atoms with van der Waals surface area (Å²) in [6.07, 6.45) is 8.07. The van der Waals surface area contributed by atoms with Crippen LogP contribution >= 0.6 is 0 Å². The number of hydrogen-bond acceptors (Lipinski definition) is 2. The van der Waals surface area contributed by atoms with Crippen LogP contribution in [0.1, 0.15) is 15.9 Å². The molecule has 24 heavy (non-hydrogen) atoms. The molecular weight excluding hydrogens is 370 g/mol. The summed E-state index contributed by atoms with van der Waals surface area (Å²) in [6.45, 7) is 0. The minimum absolute atomic E-state index is 0.346. The second-order valence-corrected chi connectivity index (χ2v) is 5.91. The normalized spacial score (nSPS) is 15.5. The number of amidine groups is 1. The SMILES string of the molecule is O=C(NC([Se])=Nc1ccc([C]2[CH][CH][CH][CH]2)cc1)c1ccc(F)cc1. The third-order valence-electron chi connectivity index (χ3n) is 3.42. The Hall–Kier alpha value is -1.97. The van der Waals surface area contributed by atoms with Crippen LogP contribution in [-0.2, 0) is 0 Å². The monoisotopic (exact) mass is 384 g/mol. The van der Waals surface area contributed by atoms with E-state index < -0.39 is 0 Å². The van der Waals surface area contributed by atoms with Crippen LogP contribution in [0.3, 0.4) is 0 Å². The molecule has 1 N–H and O–H groups in total. The summed E-state index contributed by atoms with van der Waals surface area (Å²) in [5, 5.41) is 2.64. The molecule has 2 aromatic carbocycles. The predicted molar refractivity (Wildman–Crippen MR) is 92.7 cm³/mol. The Morgan fingerprint density at radius 2 is 1.58 bits per heavy atom. The number of hydrogen-bond donors (Lipinski definition) is 1. The topological polar surface area (TPSA) is 41.5 Å². The van der Waals surface area contributed by atoms with E-state index in [-0.39, 0.29) is 11.7 Å². The van der Waals surface area contributed by atoms with Crippen molar-refractivity contribution in [1.29, 1.82) is 0 Å². The molecule has 1 aliphatic carbocycles. The zero-order valence-corrected chi connectivity index (χ0v) is 14.3. The summed E-state index contributed by atoms with van der Waals surface area (Å²) in [4.78, 5) is 16.4. The Bertz CT molecular complexity index is 735. The first-order valence-corrected chi connectivity index (χ1v) is 8.12. The van der Waals surface area contributed by atoms with E-state index in [0.29, 0.717) is 10.3 Å². The van der Waals surface area contributed by atoms with E-state index in [2.05, 4.69) is 26.3 Å². The maximum absolute atomic E-state index is 12.9. The molecule has 1 saturated carbocycles. The summed E-state index contributed by atoms with van der Waals surface area (Å²) >= 11 is 2.72. The van der Waals surface area contributed by atoms with Gasteiger partial charge < -0.3 is 0 Å². The van der Waals surface area contributed by atoms with E-state index in [0.717, 1.165) is 17.2 Å². The number of nitrogens with zero attached hydrogens (tertiary/aromatic N) is 1. The number of halogens is 1. The minimum atomic E-state index is -0.381. The summed E-state index contributed by atoms with van der Waals surface area (Å²) < 4.78 is 13.2. The Morgan fingerprint density at radius 3 is 2.21 bits per heavy atom. The molecule has 1 amide bonds. The van der Waals surface area contributed by atoms with Crippen molar-refractivity contribution in [1.82, 2.24) is 5.32 Å². The summed E-state index contributed by atoms with van der Waals surface area (Å²) in [5.74, 6) is 0.424. The summed E-state index contributed by atoms with van der Waals surface area (Å²) in [6, 6.07) is 13.0. The third kappa shape index (κ3) is 4.31. The van der Waals surface area contributed by atoms with Crippen LogP contribution in [0.15, 0.2) is 53.5 Å². The number of benzene rings is 2. The maximum atomic E-state index is 12.9. The number of amides is 1. The number of aliphatic imine (C=N–C) groups is 1. The molecule has 6 radical (unpaired) electrons. The van der Waals surface area contributed by atoms with Crippen molar-refractivity contribution in [3.8, 4) is 0 Å². The van der Waals surface area contributed by atoms with Crippen molar-refractivity contribution in [2.24, 2.45) is 4.99 Å². The molecule has 3 nitrogen and oxygen atoms in total. The molecule has 0 aromatic heterocycles. The number of carbonyl (C=O) groups excluding carboxylic acids is 1. The predicted octanol–water partition coefficient (Wildman–Crippen LogP) is 3.17. The van der Waals surface area contributed by atoms with Gasteiger partial charge in [-0.05, 0) is 0 Å². The Labute approximate surface area is 149 Å². The van der Waals surface area contributed by atoms with E-state index in [1.54, 1.807) is 0 Å². The Balaban J connectivity index is 1.64. The van der Waals surface area contributed by atoms with Gasteiger partial charge in [0.15, 0.2) is 0 Å². The molecule has 0 bridgehead atoms. The molecule has 0 unspecified atom stereocenters. The second kappa shape index (κ2) is 7.73. The summed E-state index contributed by atoms with van der Waals surface area (Å²) in [7, 11) is 0. The first kappa shape index (κ1) is 16.9. The molecule has 0 spiro atoms. The molecule has 1 fully saturated rings. The van der Waals surface area contributed by atoms with Gasteiger partial charge in [-0.3, -0.25) is 0 Å². The van der Waals surface area contributed by atoms with Crippen LogP contribution in [-0.4, -0.2) is 26.7 Å². The van der Waals surface area contributed by atoms with Crippen molar-refractivity contribution in [2.75, 3.05) is 0 Å². The van der Waals surface area contributed by atoms with Gasteiger partial charge in [-0.2, -0.15) is 0 Å². The molecule has 1 aliphatic rings.